The molecule has 1 saturated heterocycles. The van der Waals surface area contributed by atoms with Gasteiger partial charge in [0.25, 0.3) is 0 Å². The smallest absolute Gasteiger partial charge is 0.224 e. The van der Waals surface area contributed by atoms with E-state index >= 15 is 0 Å². The quantitative estimate of drug-likeness (QED) is 0.695. The lowest BCUT2D eigenvalue weighted by molar-refractivity contribution is -0.120. The van der Waals surface area contributed by atoms with E-state index in [2.05, 4.69) is 26.6 Å². The fourth-order valence-corrected chi connectivity index (χ4v) is 2.70. The van der Waals surface area contributed by atoms with Crippen molar-refractivity contribution in [2.75, 3.05) is 32.8 Å². The second-order valence-corrected chi connectivity index (χ2v) is 6.12. The lowest BCUT2D eigenvalue weighted by Crippen LogP contribution is -2.48. The molecule has 5 nitrogen and oxygen atoms in total. The van der Waals surface area contributed by atoms with Crippen LogP contribution in [-0.4, -0.2) is 38.8 Å². The molecule has 1 fully saturated rings. The molecule has 1 aliphatic heterocycles. The Morgan fingerprint density at radius 1 is 1.26 bits per heavy atom. The normalized spacial score (nSPS) is 13.7. The van der Waals surface area contributed by atoms with Crippen molar-refractivity contribution in [1.29, 1.82) is 0 Å². The number of hydrogen-bond donors (Lipinski definition) is 2. The van der Waals surface area contributed by atoms with Crippen molar-refractivity contribution in [3.8, 4) is 11.5 Å². The molecule has 0 unspecified atom stereocenters. The SMILES string of the molecule is CCOc1cc(Br)c(CC(=O)NCC2CNC2)cc1OCC.Cl. The Bertz CT molecular complexity index is 524. The fourth-order valence-electron chi connectivity index (χ4n) is 2.24. The molecule has 2 N–H and O–H groups in total. The third-order valence-electron chi connectivity index (χ3n) is 3.52. The number of carbonyl (C=O) groups is 1. The van der Waals surface area contributed by atoms with Crippen LogP contribution < -0.4 is 20.1 Å². The van der Waals surface area contributed by atoms with Gasteiger partial charge in [-0.15, -0.1) is 12.4 Å². The molecular formula is C16H24BrClN2O3. The number of benzene rings is 1. The molecular weight excluding hydrogens is 384 g/mol. The monoisotopic (exact) mass is 406 g/mol. The van der Waals surface area contributed by atoms with Crippen molar-refractivity contribution in [2.45, 2.75) is 20.3 Å². The van der Waals surface area contributed by atoms with Crippen LogP contribution in [0, 0.1) is 5.92 Å². The predicted molar refractivity (Wildman–Crippen MR) is 96.8 cm³/mol. The first-order chi connectivity index (χ1) is 10.6. The van der Waals surface area contributed by atoms with Gasteiger partial charge in [-0.05, 0) is 31.5 Å². The van der Waals surface area contributed by atoms with Gasteiger partial charge < -0.3 is 20.1 Å². The second-order valence-electron chi connectivity index (χ2n) is 5.26. The molecule has 130 valence electrons. The van der Waals surface area contributed by atoms with Crippen LogP contribution in [0.2, 0.25) is 0 Å². The van der Waals surface area contributed by atoms with Gasteiger partial charge in [-0.25, -0.2) is 0 Å². The van der Waals surface area contributed by atoms with Crippen LogP contribution in [0.1, 0.15) is 19.4 Å². The Kier molecular flexibility index (Phi) is 8.73. The lowest BCUT2D eigenvalue weighted by atomic mass is 10.0. The fraction of sp³-hybridized carbons (Fsp3) is 0.562. The van der Waals surface area contributed by atoms with Gasteiger partial charge in [0.2, 0.25) is 5.91 Å². The Hall–Kier alpha value is -0.980. The summed E-state index contributed by atoms with van der Waals surface area (Å²) in [7, 11) is 0. The van der Waals surface area contributed by atoms with E-state index in [0.717, 1.165) is 29.7 Å². The standard InChI is InChI=1S/C16H23BrN2O3.ClH/c1-3-21-14-5-12(13(17)7-15(14)22-4-2)6-16(20)19-10-11-8-18-9-11;/h5,7,11,18H,3-4,6,8-10H2,1-2H3,(H,19,20);1H. The highest BCUT2D eigenvalue weighted by Gasteiger charge is 2.18. The average molecular weight is 408 g/mol. The highest BCUT2D eigenvalue weighted by atomic mass is 79.9. The van der Waals surface area contributed by atoms with Crippen molar-refractivity contribution < 1.29 is 14.3 Å². The minimum Gasteiger partial charge on any atom is -0.490 e. The third-order valence-corrected chi connectivity index (χ3v) is 4.26. The number of nitrogens with one attached hydrogen (secondary N) is 2. The largest absolute Gasteiger partial charge is 0.490 e. The van der Waals surface area contributed by atoms with Crippen LogP contribution in [0.4, 0.5) is 0 Å². The van der Waals surface area contributed by atoms with Gasteiger partial charge in [-0.1, -0.05) is 15.9 Å². The minimum atomic E-state index is 0. The molecule has 0 aliphatic carbocycles. The molecule has 23 heavy (non-hydrogen) atoms. The van der Waals surface area contributed by atoms with Gasteiger partial charge in [0.15, 0.2) is 11.5 Å². The summed E-state index contributed by atoms with van der Waals surface area (Å²) in [5, 5.41) is 6.17. The summed E-state index contributed by atoms with van der Waals surface area (Å²) in [4.78, 5) is 12.1. The summed E-state index contributed by atoms with van der Waals surface area (Å²) in [5.74, 6) is 1.96. The Morgan fingerprint density at radius 3 is 2.39 bits per heavy atom. The molecule has 0 radical (unpaired) electrons. The van der Waals surface area contributed by atoms with Gasteiger partial charge in [0, 0.05) is 30.0 Å². The zero-order chi connectivity index (χ0) is 15.9. The second kappa shape index (κ2) is 10.0. The molecule has 0 aromatic heterocycles. The zero-order valence-electron chi connectivity index (χ0n) is 13.5. The molecule has 1 heterocycles. The molecule has 0 bridgehead atoms. The highest BCUT2D eigenvalue weighted by molar-refractivity contribution is 9.10. The number of halogens is 2. The van der Waals surface area contributed by atoms with E-state index in [1.165, 1.54) is 0 Å². The summed E-state index contributed by atoms with van der Waals surface area (Å²) in [5.41, 5.74) is 0.899. The first-order valence-electron chi connectivity index (χ1n) is 7.69. The maximum Gasteiger partial charge on any atom is 0.224 e. The zero-order valence-corrected chi connectivity index (χ0v) is 15.9. The van der Waals surface area contributed by atoms with Crippen LogP contribution in [0.5, 0.6) is 11.5 Å². The topological polar surface area (TPSA) is 59.6 Å². The van der Waals surface area contributed by atoms with Crippen LogP contribution in [-0.2, 0) is 11.2 Å². The summed E-state index contributed by atoms with van der Waals surface area (Å²) in [6.07, 6.45) is 0.327. The molecule has 1 aromatic carbocycles. The number of hydrogen-bond acceptors (Lipinski definition) is 4. The molecule has 1 aliphatic rings. The average Bonchev–Trinajstić information content (AvgIpc) is 2.42. The van der Waals surface area contributed by atoms with E-state index in [1.807, 2.05) is 26.0 Å². The lowest BCUT2D eigenvalue weighted by Gasteiger charge is -2.27. The third kappa shape index (κ3) is 5.86. The van der Waals surface area contributed by atoms with E-state index in [4.69, 9.17) is 9.47 Å². The van der Waals surface area contributed by atoms with E-state index in [1.54, 1.807) is 0 Å². The van der Waals surface area contributed by atoms with Gasteiger partial charge in [-0.3, -0.25) is 4.79 Å². The van der Waals surface area contributed by atoms with Gasteiger partial charge >= 0.3 is 0 Å². The summed E-state index contributed by atoms with van der Waals surface area (Å²) >= 11 is 3.51. The number of carbonyl (C=O) groups excluding carboxylic acids is 1. The van der Waals surface area contributed by atoms with Crippen molar-refractivity contribution >= 4 is 34.2 Å². The number of ether oxygens (including phenoxy) is 2. The predicted octanol–water partition coefficient (Wildman–Crippen LogP) is 2.55. The van der Waals surface area contributed by atoms with Gasteiger partial charge in [0.1, 0.15) is 0 Å². The van der Waals surface area contributed by atoms with Crippen LogP contribution in [0.25, 0.3) is 0 Å². The summed E-state index contributed by atoms with van der Waals surface area (Å²) in [6, 6.07) is 3.75. The van der Waals surface area contributed by atoms with E-state index in [0.29, 0.717) is 37.1 Å². The Morgan fingerprint density at radius 2 is 1.87 bits per heavy atom. The van der Waals surface area contributed by atoms with E-state index in [-0.39, 0.29) is 18.3 Å². The van der Waals surface area contributed by atoms with Crippen LogP contribution >= 0.6 is 28.3 Å². The van der Waals surface area contributed by atoms with Crippen molar-refractivity contribution in [3.63, 3.8) is 0 Å². The Balaban J connectivity index is 0.00000264. The molecule has 0 saturated carbocycles. The maximum absolute atomic E-state index is 12.1. The number of rotatable bonds is 8. The molecule has 2 rings (SSSR count). The van der Waals surface area contributed by atoms with E-state index < -0.39 is 0 Å². The summed E-state index contributed by atoms with van der Waals surface area (Å²) < 4.78 is 12.0. The summed E-state index contributed by atoms with van der Waals surface area (Å²) in [6.45, 7) is 7.70. The molecule has 1 aromatic rings. The van der Waals surface area contributed by atoms with Gasteiger partial charge in [-0.2, -0.15) is 0 Å². The Labute approximate surface area is 152 Å². The van der Waals surface area contributed by atoms with Crippen molar-refractivity contribution in [1.82, 2.24) is 10.6 Å². The molecule has 7 heteroatoms. The first kappa shape index (κ1) is 20.1. The molecule has 0 spiro atoms. The molecule has 1 amide bonds. The minimum absolute atomic E-state index is 0. The van der Waals surface area contributed by atoms with E-state index in [9.17, 15) is 4.79 Å². The highest BCUT2D eigenvalue weighted by Crippen LogP contribution is 2.34. The maximum atomic E-state index is 12.1. The van der Waals surface area contributed by atoms with Crippen LogP contribution in [0.3, 0.4) is 0 Å². The van der Waals surface area contributed by atoms with Crippen molar-refractivity contribution in [3.05, 3.63) is 22.2 Å². The first-order valence-corrected chi connectivity index (χ1v) is 8.48. The van der Waals surface area contributed by atoms with Crippen LogP contribution in [0.15, 0.2) is 16.6 Å². The molecule has 0 atom stereocenters. The van der Waals surface area contributed by atoms with Crippen molar-refractivity contribution in [2.24, 2.45) is 5.92 Å². The number of amides is 1. The van der Waals surface area contributed by atoms with Gasteiger partial charge in [0.05, 0.1) is 19.6 Å².